The van der Waals surface area contributed by atoms with Gasteiger partial charge in [0.15, 0.2) is 23.0 Å². The van der Waals surface area contributed by atoms with Gasteiger partial charge in [0, 0.05) is 27.5 Å². The van der Waals surface area contributed by atoms with Crippen molar-refractivity contribution in [2.75, 3.05) is 40.2 Å². The molecule has 0 aromatic heterocycles. The fourth-order valence-corrected chi connectivity index (χ4v) is 7.99. The number of hydrogen-bond donors (Lipinski definition) is 0. The van der Waals surface area contributed by atoms with Crippen LogP contribution in [-0.4, -0.2) is 54.9 Å². The largest absolute Gasteiger partial charge is 0.493 e. The highest BCUT2D eigenvalue weighted by atomic mass is 32.2. The summed E-state index contributed by atoms with van der Waals surface area (Å²) in [7, 11) is 6.60. The summed E-state index contributed by atoms with van der Waals surface area (Å²) in [5, 5.41) is 11.4. The molecule has 0 bridgehead atoms. The zero-order valence-corrected chi connectivity index (χ0v) is 23.0. The minimum absolute atomic E-state index is 0.00263. The first-order chi connectivity index (χ1) is 18.5. The van der Waals surface area contributed by atoms with Crippen LogP contribution in [-0.2, 0) is 0 Å². The number of ether oxygens (including phenoxy) is 4. The van der Waals surface area contributed by atoms with Crippen LogP contribution in [0.3, 0.4) is 0 Å². The molecule has 1 fully saturated rings. The molecule has 11 heteroatoms. The van der Waals surface area contributed by atoms with Crippen molar-refractivity contribution in [3.05, 3.63) is 75.3 Å². The first-order valence-corrected chi connectivity index (χ1v) is 14.0. The Balaban J connectivity index is 1.53. The van der Waals surface area contributed by atoms with Crippen LogP contribution in [0.5, 0.6) is 23.0 Å². The number of non-ortho nitro benzene ring substituents is 1. The van der Waals surface area contributed by atoms with Crippen LogP contribution in [0.25, 0.3) is 0 Å². The van der Waals surface area contributed by atoms with Crippen LogP contribution in [0, 0.1) is 10.1 Å². The number of rotatable bonds is 6. The molecule has 3 heterocycles. The molecule has 3 aromatic rings. The van der Waals surface area contributed by atoms with Crippen molar-refractivity contribution in [3.8, 4) is 23.0 Å². The van der Waals surface area contributed by atoms with E-state index in [-0.39, 0.29) is 28.9 Å². The third-order valence-electron chi connectivity index (χ3n) is 7.45. The fourth-order valence-electron chi connectivity index (χ4n) is 5.76. The van der Waals surface area contributed by atoms with Crippen molar-refractivity contribution < 1.29 is 23.9 Å². The molecule has 0 saturated carbocycles. The van der Waals surface area contributed by atoms with Crippen LogP contribution < -0.4 is 18.9 Å². The highest BCUT2D eigenvalue weighted by Crippen LogP contribution is 2.61. The number of benzene rings is 3. The highest BCUT2D eigenvalue weighted by Gasteiger charge is 2.53. The predicted octanol–water partition coefficient (Wildman–Crippen LogP) is 5.85. The van der Waals surface area contributed by atoms with Gasteiger partial charge in [0.05, 0.1) is 63.4 Å². The van der Waals surface area contributed by atoms with Gasteiger partial charge < -0.3 is 18.9 Å². The van der Waals surface area contributed by atoms with Gasteiger partial charge >= 0.3 is 0 Å². The maximum Gasteiger partial charge on any atom is 0.269 e. The van der Waals surface area contributed by atoms with Crippen molar-refractivity contribution in [3.63, 3.8) is 0 Å². The van der Waals surface area contributed by atoms with E-state index in [1.54, 1.807) is 64.1 Å². The third kappa shape index (κ3) is 3.87. The molecule has 0 spiro atoms. The molecule has 9 nitrogen and oxygen atoms in total. The lowest BCUT2D eigenvalue weighted by molar-refractivity contribution is -0.384. The maximum atomic E-state index is 11.4. The van der Waals surface area contributed by atoms with Crippen LogP contribution in [0.1, 0.15) is 34.9 Å². The molecule has 38 heavy (non-hydrogen) atoms. The second-order valence-electron chi connectivity index (χ2n) is 9.18. The molecule has 0 radical (unpaired) electrons. The van der Waals surface area contributed by atoms with E-state index in [0.29, 0.717) is 23.0 Å². The second kappa shape index (κ2) is 9.88. The zero-order valence-electron chi connectivity index (χ0n) is 21.4. The van der Waals surface area contributed by atoms with E-state index in [1.165, 1.54) is 0 Å². The molecule has 3 aromatic carbocycles. The molecule has 6 rings (SSSR count). The van der Waals surface area contributed by atoms with Crippen molar-refractivity contribution in [1.29, 1.82) is 0 Å². The van der Waals surface area contributed by atoms with Crippen molar-refractivity contribution >= 4 is 29.2 Å². The van der Waals surface area contributed by atoms with Gasteiger partial charge in [-0.1, -0.05) is 12.1 Å². The average molecular weight is 554 g/mol. The Morgan fingerprint density at radius 1 is 0.737 bits per heavy atom. The van der Waals surface area contributed by atoms with Gasteiger partial charge in [-0.05, 0) is 35.4 Å². The number of nitro benzene ring substituents is 1. The summed E-state index contributed by atoms with van der Waals surface area (Å²) in [6.45, 7) is 0. The minimum Gasteiger partial charge on any atom is -0.493 e. The zero-order chi connectivity index (χ0) is 26.6. The summed E-state index contributed by atoms with van der Waals surface area (Å²) in [6.07, 6.45) is -0.00926. The molecule has 0 unspecified atom stereocenters. The van der Waals surface area contributed by atoms with Gasteiger partial charge in [-0.3, -0.25) is 19.9 Å². The Bertz CT molecular complexity index is 1400. The number of nitrogens with zero attached hydrogens (tertiary/aromatic N) is 3. The number of thioether (sulfide) groups is 2. The number of hydrogen-bond acceptors (Lipinski definition) is 10. The van der Waals surface area contributed by atoms with Gasteiger partial charge in [-0.25, -0.2) is 0 Å². The SMILES string of the molecule is COc1cc2c(cc1OC)[C@H]1N(CS2)[C@H](c2ccc([N+](=O)[O-])cc2)[C@@H]2c3cc(OC)c(OC)cc3SCN12. The number of fused-ring (bicyclic) bond motifs is 7. The van der Waals surface area contributed by atoms with Crippen molar-refractivity contribution in [2.24, 2.45) is 0 Å². The monoisotopic (exact) mass is 553 g/mol. The van der Waals surface area contributed by atoms with Gasteiger partial charge in [-0.15, -0.1) is 23.5 Å². The highest BCUT2D eigenvalue weighted by molar-refractivity contribution is 7.99. The molecular formula is C27H27N3O6S2. The number of methoxy groups -OCH3 is 4. The second-order valence-corrected chi connectivity index (χ2v) is 11.2. The first kappa shape index (κ1) is 25.2. The molecule has 3 aliphatic heterocycles. The maximum absolute atomic E-state index is 11.4. The molecule has 0 amide bonds. The van der Waals surface area contributed by atoms with E-state index in [4.69, 9.17) is 18.9 Å². The van der Waals surface area contributed by atoms with E-state index in [0.717, 1.165) is 38.2 Å². The molecule has 0 N–H and O–H groups in total. The fraction of sp³-hybridized carbons (Fsp3) is 0.333. The summed E-state index contributed by atoms with van der Waals surface area (Å²) >= 11 is 3.54. The van der Waals surface area contributed by atoms with E-state index in [9.17, 15) is 10.1 Å². The van der Waals surface area contributed by atoms with Crippen LogP contribution in [0.4, 0.5) is 5.69 Å². The summed E-state index contributed by atoms with van der Waals surface area (Å²) in [4.78, 5) is 18.3. The molecule has 0 aliphatic carbocycles. The van der Waals surface area contributed by atoms with E-state index in [2.05, 4.69) is 34.1 Å². The predicted molar refractivity (Wildman–Crippen MR) is 146 cm³/mol. The third-order valence-corrected chi connectivity index (χ3v) is 9.64. The summed E-state index contributed by atoms with van der Waals surface area (Å²) in [6, 6.07) is 15.2. The molecule has 3 atom stereocenters. The van der Waals surface area contributed by atoms with E-state index >= 15 is 0 Å². The molecule has 198 valence electrons. The lowest BCUT2D eigenvalue weighted by Gasteiger charge is -2.38. The quantitative estimate of drug-likeness (QED) is 0.273. The standard InChI is InChI=1S/C27H27N3O6S2/c1-33-19-9-17-23(11-21(19)35-3)37-14-29-26(17)25(15-5-7-16(8-6-15)30(31)32)28-13-38-24-12-22(36-4)20(34-2)10-18(24)27(28)29/h5-12,25-27H,13-14H2,1-4H3/t25-,26+,27+/m1/s1. The van der Waals surface area contributed by atoms with Crippen molar-refractivity contribution in [2.45, 2.75) is 28.0 Å². The Labute approximate surface area is 229 Å². The Kier molecular flexibility index (Phi) is 6.55. The Hall–Kier alpha value is -3.12. The minimum atomic E-state index is -0.357. The van der Waals surface area contributed by atoms with Crippen LogP contribution in [0.15, 0.2) is 58.3 Å². The molecule has 1 saturated heterocycles. The topological polar surface area (TPSA) is 86.5 Å². The van der Waals surface area contributed by atoms with Gasteiger partial charge in [0.1, 0.15) is 0 Å². The van der Waals surface area contributed by atoms with Gasteiger partial charge in [-0.2, -0.15) is 0 Å². The van der Waals surface area contributed by atoms with Crippen LogP contribution in [0.2, 0.25) is 0 Å². The van der Waals surface area contributed by atoms with E-state index in [1.807, 2.05) is 12.1 Å². The molecular weight excluding hydrogens is 526 g/mol. The molecule has 3 aliphatic rings. The van der Waals surface area contributed by atoms with Crippen molar-refractivity contribution in [1.82, 2.24) is 9.80 Å². The summed E-state index contributed by atoms with van der Waals surface area (Å²) in [5.74, 6) is 4.32. The van der Waals surface area contributed by atoms with Crippen LogP contribution >= 0.6 is 23.5 Å². The number of nitro groups is 1. The lowest BCUT2D eigenvalue weighted by atomic mass is 9.92. The Morgan fingerprint density at radius 2 is 1.21 bits per heavy atom. The average Bonchev–Trinajstić information content (AvgIpc) is 3.30. The summed E-state index contributed by atoms with van der Waals surface area (Å²) in [5.41, 5.74) is 3.44. The van der Waals surface area contributed by atoms with E-state index < -0.39 is 0 Å². The summed E-state index contributed by atoms with van der Waals surface area (Å²) < 4.78 is 22.5. The normalized spacial score (nSPS) is 22.1. The van der Waals surface area contributed by atoms with Gasteiger partial charge in [0.2, 0.25) is 0 Å². The van der Waals surface area contributed by atoms with Gasteiger partial charge in [0.25, 0.3) is 5.69 Å². The first-order valence-electron chi connectivity index (χ1n) is 12.0. The smallest absolute Gasteiger partial charge is 0.269 e. The Morgan fingerprint density at radius 3 is 1.74 bits per heavy atom. The lowest BCUT2D eigenvalue weighted by Crippen LogP contribution is -2.35.